The molecule has 3 nitrogen and oxygen atoms in total. The standard InChI is InChI=1S/C14H16N2OS/c15-14-16-12(8-18-14)10-6-3-7-13(17)11-5-2-1-4-9(10)11/h1-2,4-5,8,10,13,17H,3,6-7H2,(H2,15,16). The minimum absolute atomic E-state index is 0.270. The van der Waals surface area contributed by atoms with Crippen LogP contribution in [0.2, 0.25) is 0 Å². The molecule has 3 rings (SSSR count). The topological polar surface area (TPSA) is 59.1 Å². The van der Waals surface area contributed by atoms with Gasteiger partial charge in [0.25, 0.3) is 0 Å². The molecule has 1 aliphatic carbocycles. The van der Waals surface area contributed by atoms with Crippen molar-refractivity contribution in [3.05, 3.63) is 46.5 Å². The Balaban J connectivity index is 2.07. The summed E-state index contributed by atoms with van der Waals surface area (Å²) in [6.45, 7) is 0. The Morgan fingerprint density at radius 1 is 1.22 bits per heavy atom. The third-order valence-electron chi connectivity index (χ3n) is 3.60. The van der Waals surface area contributed by atoms with Crippen molar-refractivity contribution in [1.82, 2.24) is 4.98 Å². The van der Waals surface area contributed by atoms with E-state index in [1.54, 1.807) is 0 Å². The van der Waals surface area contributed by atoms with Crippen LogP contribution in [0, 0.1) is 0 Å². The van der Waals surface area contributed by atoms with Gasteiger partial charge in [-0.1, -0.05) is 24.3 Å². The first kappa shape index (κ1) is 11.7. The van der Waals surface area contributed by atoms with E-state index in [-0.39, 0.29) is 12.0 Å². The van der Waals surface area contributed by atoms with Crippen LogP contribution < -0.4 is 5.73 Å². The van der Waals surface area contributed by atoms with Gasteiger partial charge in [0, 0.05) is 11.3 Å². The predicted molar refractivity (Wildman–Crippen MR) is 73.6 cm³/mol. The number of aliphatic hydroxyl groups excluding tert-OH is 1. The van der Waals surface area contributed by atoms with E-state index < -0.39 is 0 Å². The minimum Gasteiger partial charge on any atom is -0.388 e. The predicted octanol–water partition coefficient (Wildman–Crippen LogP) is 3.07. The second kappa shape index (κ2) is 4.71. The number of hydrogen-bond acceptors (Lipinski definition) is 4. The summed E-state index contributed by atoms with van der Waals surface area (Å²) >= 11 is 1.48. The van der Waals surface area contributed by atoms with Gasteiger partial charge in [0.2, 0.25) is 0 Å². The van der Waals surface area contributed by atoms with Gasteiger partial charge in [-0.05, 0) is 30.4 Å². The van der Waals surface area contributed by atoms with Gasteiger partial charge in [-0.15, -0.1) is 11.3 Å². The van der Waals surface area contributed by atoms with Crippen molar-refractivity contribution in [1.29, 1.82) is 0 Å². The lowest BCUT2D eigenvalue weighted by atomic mass is 9.90. The third-order valence-corrected chi connectivity index (χ3v) is 4.29. The highest BCUT2D eigenvalue weighted by molar-refractivity contribution is 7.13. The fraction of sp³-hybridized carbons (Fsp3) is 0.357. The lowest BCUT2D eigenvalue weighted by molar-refractivity contribution is 0.166. The fourth-order valence-electron chi connectivity index (χ4n) is 2.73. The Bertz CT molecular complexity index is 552. The monoisotopic (exact) mass is 260 g/mol. The molecule has 1 aromatic carbocycles. The van der Waals surface area contributed by atoms with E-state index >= 15 is 0 Å². The van der Waals surface area contributed by atoms with Gasteiger partial charge in [0.05, 0.1) is 11.8 Å². The number of fused-ring (bicyclic) bond motifs is 1. The molecule has 0 radical (unpaired) electrons. The molecule has 0 aliphatic heterocycles. The summed E-state index contributed by atoms with van der Waals surface area (Å²) in [6.07, 6.45) is 2.52. The number of aliphatic hydroxyl groups is 1. The number of nitrogen functional groups attached to an aromatic ring is 1. The van der Waals surface area contributed by atoms with Gasteiger partial charge in [0.1, 0.15) is 0 Å². The molecule has 1 heterocycles. The third kappa shape index (κ3) is 2.02. The number of aromatic nitrogens is 1. The van der Waals surface area contributed by atoms with Crippen LogP contribution in [0.3, 0.4) is 0 Å². The molecule has 1 aromatic heterocycles. The Labute approximate surface area is 110 Å². The highest BCUT2D eigenvalue weighted by atomic mass is 32.1. The SMILES string of the molecule is Nc1nc(C2CCCC(O)c3ccccc32)cs1. The van der Waals surface area contributed by atoms with Crippen LogP contribution in [0.25, 0.3) is 0 Å². The zero-order valence-electron chi connectivity index (χ0n) is 10.0. The van der Waals surface area contributed by atoms with E-state index in [1.807, 2.05) is 23.6 Å². The lowest BCUT2D eigenvalue weighted by Crippen LogP contribution is -2.04. The Morgan fingerprint density at radius 3 is 2.72 bits per heavy atom. The summed E-state index contributed by atoms with van der Waals surface area (Å²) in [5.41, 5.74) is 9.02. The van der Waals surface area contributed by atoms with Crippen LogP contribution in [-0.2, 0) is 0 Å². The van der Waals surface area contributed by atoms with Crippen molar-refractivity contribution in [2.75, 3.05) is 5.73 Å². The Kier molecular flexibility index (Phi) is 3.06. The normalized spacial score (nSPS) is 23.4. The van der Waals surface area contributed by atoms with Gasteiger partial charge in [-0.2, -0.15) is 0 Å². The number of thiazole rings is 1. The van der Waals surface area contributed by atoms with Gasteiger partial charge >= 0.3 is 0 Å². The lowest BCUT2D eigenvalue weighted by Gasteiger charge is -2.16. The van der Waals surface area contributed by atoms with Gasteiger partial charge < -0.3 is 10.8 Å². The van der Waals surface area contributed by atoms with Crippen LogP contribution in [-0.4, -0.2) is 10.1 Å². The van der Waals surface area contributed by atoms with E-state index in [0.717, 1.165) is 30.5 Å². The van der Waals surface area contributed by atoms with Crippen LogP contribution >= 0.6 is 11.3 Å². The molecule has 0 fully saturated rings. The van der Waals surface area contributed by atoms with Crippen molar-refractivity contribution >= 4 is 16.5 Å². The quantitative estimate of drug-likeness (QED) is 0.775. The molecule has 0 amide bonds. The second-order valence-corrected chi connectivity index (χ2v) is 5.63. The van der Waals surface area contributed by atoms with E-state index in [1.165, 1.54) is 16.9 Å². The molecule has 4 heteroatoms. The van der Waals surface area contributed by atoms with Crippen molar-refractivity contribution in [2.45, 2.75) is 31.3 Å². The van der Waals surface area contributed by atoms with Crippen LogP contribution in [0.5, 0.6) is 0 Å². The second-order valence-electron chi connectivity index (χ2n) is 4.74. The van der Waals surface area contributed by atoms with Crippen molar-refractivity contribution < 1.29 is 5.11 Å². The van der Waals surface area contributed by atoms with E-state index in [9.17, 15) is 5.11 Å². The first-order valence-corrected chi connectivity index (χ1v) is 7.11. The maximum absolute atomic E-state index is 10.2. The van der Waals surface area contributed by atoms with Crippen molar-refractivity contribution in [3.63, 3.8) is 0 Å². The van der Waals surface area contributed by atoms with Gasteiger partial charge in [0.15, 0.2) is 5.13 Å². The molecule has 2 aromatic rings. The van der Waals surface area contributed by atoms with Crippen LogP contribution in [0.1, 0.15) is 48.1 Å². The maximum Gasteiger partial charge on any atom is 0.180 e. The molecule has 18 heavy (non-hydrogen) atoms. The molecule has 0 bridgehead atoms. The number of hydrogen-bond donors (Lipinski definition) is 2. The summed E-state index contributed by atoms with van der Waals surface area (Å²) in [5, 5.41) is 12.8. The highest BCUT2D eigenvalue weighted by Crippen LogP contribution is 2.39. The molecule has 94 valence electrons. The largest absolute Gasteiger partial charge is 0.388 e. The van der Waals surface area contributed by atoms with Crippen molar-refractivity contribution in [2.24, 2.45) is 0 Å². The molecule has 0 saturated heterocycles. The van der Waals surface area contributed by atoms with Crippen LogP contribution in [0.4, 0.5) is 5.13 Å². The number of nitrogens with zero attached hydrogens (tertiary/aromatic N) is 1. The maximum atomic E-state index is 10.2. The van der Waals surface area contributed by atoms with Crippen molar-refractivity contribution in [3.8, 4) is 0 Å². The molecule has 2 atom stereocenters. The molecule has 3 N–H and O–H groups in total. The zero-order valence-corrected chi connectivity index (χ0v) is 10.9. The summed E-state index contributed by atoms with van der Waals surface area (Å²) < 4.78 is 0. The van der Waals surface area contributed by atoms with Gasteiger partial charge in [-0.3, -0.25) is 0 Å². The summed E-state index contributed by atoms with van der Waals surface area (Å²) in [6, 6.07) is 8.14. The Morgan fingerprint density at radius 2 is 2.00 bits per heavy atom. The van der Waals surface area contributed by atoms with Crippen LogP contribution in [0.15, 0.2) is 29.6 Å². The average molecular weight is 260 g/mol. The summed E-state index contributed by atoms with van der Waals surface area (Å²) in [5.74, 6) is 0.270. The molecular formula is C14H16N2OS. The number of rotatable bonds is 1. The Hall–Kier alpha value is -1.39. The van der Waals surface area contributed by atoms with E-state index in [0.29, 0.717) is 5.13 Å². The molecule has 2 unspecified atom stereocenters. The molecule has 1 aliphatic rings. The smallest absolute Gasteiger partial charge is 0.180 e. The highest BCUT2D eigenvalue weighted by Gasteiger charge is 2.25. The first-order chi connectivity index (χ1) is 8.75. The number of anilines is 1. The number of benzene rings is 1. The average Bonchev–Trinajstić information content (AvgIpc) is 2.73. The summed E-state index contributed by atoms with van der Waals surface area (Å²) in [4.78, 5) is 4.41. The molecular weight excluding hydrogens is 244 g/mol. The molecule has 0 saturated carbocycles. The minimum atomic E-state index is -0.345. The number of nitrogens with two attached hydrogens (primary N) is 1. The van der Waals surface area contributed by atoms with E-state index in [4.69, 9.17) is 5.73 Å². The zero-order chi connectivity index (χ0) is 12.5. The summed E-state index contributed by atoms with van der Waals surface area (Å²) in [7, 11) is 0. The van der Waals surface area contributed by atoms with Gasteiger partial charge in [-0.25, -0.2) is 4.98 Å². The molecule has 0 spiro atoms. The van der Waals surface area contributed by atoms with E-state index in [2.05, 4.69) is 11.1 Å². The first-order valence-electron chi connectivity index (χ1n) is 6.23. The fourth-order valence-corrected chi connectivity index (χ4v) is 3.34.